The molecule has 1 aromatic carbocycles. The number of carbonyl (C=O) groups is 1. The van der Waals surface area contributed by atoms with Gasteiger partial charge in [-0.15, -0.1) is 0 Å². The summed E-state index contributed by atoms with van der Waals surface area (Å²) in [6, 6.07) is 4.14. The van der Waals surface area contributed by atoms with E-state index in [4.69, 9.17) is 4.74 Å². The number of fused-ring (bicyclic) bond motifs is 1. The Bertz CT molecular complexity index is 605. The first-order valence-electron chi connectivity index (χ1n) is 7.55. The second kappa shape index (κ2) is 6.29. The van der Waals surface area contributed by atoms with E-state index in [2.05, 4.69) is 49.8 Å². The zero-order chi connectivity index (χ0) is 15.6. The summed E-state index contributed by atoms with van der Waals surface area (Å²) in [7, 11) is 0. The number of aromatic amines is 1. The highest BCUT2D eigenvalue weighted by atomic mass is 16.5. The number of esters is 1. The van der Waals surface area contributed by atoms with Crippen molar-refractivity contribution in [1.29, 1.82) is 0 Å². The minimum atomic E-state index is -0.321. The largest absolute Gasteiger partial charge is 0.465 e. The number of hydrogen-bond donors (Lipinski definition) is 1. The molecular weight excluding hydrogens is 264 g/mol. The molecular formula is C17H24N2O2. The molecule has 1 aromatic heterocycles. The Hall–Kier alpha value is -1.84. The third-order valence-corrected chi connectivity index (χ3v) is 3.72. The Kier molecular flexibility index (Phi) is 4.66. The fourth-order valence-electron chi connectivity index (χ4n) is 2.49. The minimum absolute atomic E-state index is 0.196. The quantitative estimate of drug-likeness (QED) is 0.850. The van der Waals surface area contributed by atoms with E-state index >= 15 is 0 Å². The van der Waals surface area contributed by atoms with Crippen molar-refractivity contribution in [2.75, 3.05) is 6.61 Å². The molecule has 1 atom stereocenters. The van der Waals surface area contributed by atoms with Crippen LogP contribution in [0.3, 0.4) is 0 Å². The smallest absolute Gasteiger partial charge is 0.316 e. The van der Waals surface area contributed by atoms with Crippen LogP contribution in [0.5, 0.6) is 0 Å². The number of H-pyrrole nitrogens is 1. The van der Waals surface area contributed by atoms with E-state index in [0.717, 1.165) is 17.5 Å². The predicted molar refractivity (Wildman–Crippen MR) is 84.4 cm³/mol. The molecule has 0 bridgehead atoms. The maximum atomic E-state index is 12.2. The van der Waals surface area contributed by atoms with Crippen LogP contribution >= 0.6 is 0 Å². The Labute approximate surface area is 125 Å². The monoisotopic (exact) mass is 288 g/mol. The van der Waals surface area contributed by atoms with Crippen LogP contribution in [0.4, 0.5) is 0 Å². The molecule has 114 valence electrons. The Balaban J connectivity index is 2.41. The molecule has 0 aliphatic carbocycles. The van der Waals surface area contributed by atoms with Crippen molar-refractivity contribution in [2.24, 2.45) is 5.92 Å². The van der Waals surface area contributed by atoms with Gasteiger partial charge in [0, 0.05) is 0 Å². The number of imidazole rings is 1. The number of rotatable bonds is 5. The van der Waals surface area contributed by atoms with Crippen molar-refractivity contribution in [1.82, 2.24) is 9.97 Å². The van der Waals surface area contributed by atoms with Gasteiger partial charge in [0.2, 0.25) is 0 Å². The molecule has 21 heavy (non-hydrogen) atoms. The fraction of sp³-hybridized carbons (Fsp3) is 0.529. The van der Waals surface area contributed by atoms with Crippen LogP contribution in [-0.2, 0) is 9.53 Å². The van der Waals surface area contributed by atoms with Gasteiger partial charge in [0.25, 0.3) is 0 Å². The summed E-state index contributed by atoms with van der Waals surface area (Å²) in [5.41, 5.74) is 4.31. The lowest BCUT2D eigenvalue weighted by molar-refractivity contribution is -0.145. The molecule has 0 aliphatic rings. The highest BCUT2D eigenvalue weighted by Gasteiger charge is 2.26. The first kappa shape index (κ1) is 15.5. The molecule has 1 unspecified atom stereocenters. The predicted octanol–water partition coefficient (Wildman–Crippen LogP) is 3.87. The lowest BCUT2D eigenvalue weighted by Gasteiger charge is -2.15. The van der Waals surface area contributed by atoms with Gasteiger partial charge in [0.1, 0.15) is 11.7 Å². The van der Waals surface area contributed by atoms with Gasteiger partial charge in [-0.25, -0.2) is 4.98 Å². The van der Waals surface area contributed by atoms with Gasteiger partial charge in [-0.1, -0.05) is 13.8 Å². The number of nitrogens with zero attached hydrogens (tertiary/aromatic N) is 1. The van der Waals surface area contributed by atoms with Gasteiger partial charge in [0.15, 0.2) is 0 Å². The summed E-state index contributed by atoms with van der Waals surface area (Å²) in [6.07, 6.45) is 0.733. The number of carbonyl (C=O) groups excluding carboxylic acids is 1. The number of ether oxygens (including phenoxy) is 1. The SMILES string of the molecule is CCOC(=O)C(CC(C)C)c1nc2cc(C)c(C)cc2[nH]1. The van der Waals surface area contributed by atoms with E-state index in [9.17, 15) is 4.79 Å². The molecule has 0 spiro atoms. The highest BCUT2D eigenvalue weighted by molar-refractivity contribution is 5.81. The van der Waals surface area contributed by atoms with E-state index in [1.165, 1.54) is 11.1 Å². The summed E-state index contributed by atoms with van der Waals surface area (Å²) in [5.74, 6) is 0.593. The maximum absolute atomic E-state index is 12.2. The molecule has 0 saturated heterocycles. The van der Waals surface area contributed by atoms with Crippen LogP contribution in [0.1, 0.15) is 50.1 Å². The zero-order valence-electron chi connectivity index (χ0n) is 13.5. The average molecular weight is 288 g/mol. The van der Waals surface area contributed by atoms with Crippen molar-refractivity contribution in [2.45, 2.75) is 47.0 Å². The maximum Gasteiger partial charge on any atom is 0.316 e. The number of hydrogen-bond acceptors (Lipinski definition) is 3. The molecule has 1 N–H and O–H groups in total. The zero-order valence-corrected chi connectivity index (χ0v) is 13.5. The van der Waals surface area contributed by atoms with Crippen molar-refractivity contribution in [3.05, 3.63) is 29.1 Å². The normalized spacial score (nSPS) is 12.9. The molecule has 4 nitrogen and oxygen atoms in total. The summed E-state index contributed by atoms with van der Waals surface area (Å²) >= 11 is 0. The van der Waals surface area contributed by atoms with Crippen LogP contribution in [0.25, 0.3) is 11.0 Å². The third-order valence-electron chi connectivity index (χ3n) is 3.72. The molecule has 0 aliphatic heterocycles. The van der Waals surface area contributed by atoms with Gasteiger partial charge in [-0.2, -0.15) is 0 Å². The Morgan fingerprint density at radius 1 is 1.29 bits per heavy atom. The number of aromatic nitrogens is 2. The standard InChI is InChI=1S/C17H24N2O2/c1-6-21-17(20)13(7-10(2)3)16-18-14-8-11(4)12(5)9-15(14)19-16/h8-10,13H,6-7H2,1-5H3,(H,18,19). The minimum Gasteiger partial charge on any atom is -0.465 e. The molecule has 1 heterocycles. The van der Waals surface area contributed by atoms with Gasteiger partial charge < -0.3 is 9.72 Å². The lowest BCUT2D eigenvalue weighted by atomic mass is 9.96. The second-order valence-electron chi connectivity index (χ2n) is 6.01. The summed E-state index contributed by atoms with van der Waals surface area (Å²) in [5, 5.41) is 0. The van der Waals surface area contributed by atoms with Crippen molar-refractivity contribution in [3.63, 3.8) is 0 Å². The summed E-state index contributed by atoms with van der Waals surface area (Å²) < 4.78 is 5.20. The first-order chi connectivity index (χ1) is 9.92. The van der Waals surface area contributed by atoms with E-state index in [0.29, 0.717) is 18.3 Å². The molecule has 0 fully saturated rings. The summed E-state index contributed by atoms with van der Waals surface area (Å²) in [4.78, 5) is 20.1. The van der Waals surface area contributed by atoms with Crippen molar-refractivity contribution < 1.29 is 9.53 Å². The van der Waals surface area contributed by atoms with Gasteiger partial charge in [-0.3, -0.25) is 4.79 Å². The topological polar surface area (TPSA) is 55.0 Å². The molecule has 4 heteroatoms. The molecule has 2 aromatic rings. The van der Waals surface area contributed by atoms with Gasteiger partial charge >= 0.3 is 5.97 Å². The van der Waals surface area contributed by atoms with Gasteiger partial charge in [-0.05, 0) is 56.4 Å². The number of nitrogens with one attached hydrogen (secondary N) is 1. The highest BCUT2D eigenvalue weighted by Crippen LogP contribution is 2.26. The number of benzene rings is 1. The molecule has 0 amide bonds. The van der Waals surface area contributed by atoms with Crippen LogP contribution in [-0.4, -0.2) is 22.5 Å². The van der Waals surface area contributed by atoms with E-state index in [-0.39, 0.29) is 11.9 Å². The number of aryl methyl sites for hydroxylation is 2. The van der Waals surface area contributed by atoms with Gasteiger partial charge in [0.05, 0.1) is 17.6 Å². The van der Waals surface area contributed by atoms with Crippen molar-refractivity contribution in [3.8, 4) is 0 Å². The molecule has 2 rings (SSSR count). The van der Waals surface area contributed by atoms with Crippen molar-refractivity contribution >= 4 is 17.0 Å². The second-order valence-corrected chi connectivity index (χ2v) is 6.01. The first-order valence-corrected chi connectivity index (χ1v) is 7.55. The van der Waals surface area contributed by atoms with E-state index in [1.807, 2.05) is 6.92 Å². The lowest BCUT2D eigenvalue weighted by Crippen LogP contribution is -2.19. The van der Waals surface area contributed by atoms with Crippen LogP contribution < -0.4 is 0 Å². The summed E-state index contributed by atoms with van der Waals surface area (Å²) in [6.45, 7) is 10.6. The Morgan fingerprint density at radius 3 is 2.57 bits per heavy atom. The average Bonchev–Trinajstić information content (AvgIpc) is 2.79. The fourth-order valence-corrected chi connectivity index (χ4v) is 2.49. The van der Waals surface area contributed by atoms with Crippen LogP contribution in [0, 0.1) is 19.8 Å². The van der Waals surface area contributed by atoms with E-state index < -0.39 is 0 Å². The Morgan fingerprint density at radius 2 is 1.95 bits per heavy atom. The van der Waals surface area contributed by atoms with E-state index in [1.54, 1.807) is 0 Å². The molecule has 0 radical (unpaired) electrons. The van der Waals surface area contributed by atoms with Crippen LogP contribution in [0.15, 0.2) is 12.1 Å². The molecule has 0 saturated carbocycles. The third kappa shape index (κ3) is 3.43. The van der Waals surface area contributed by atoms with Crippen LogP contribution in [0.2, 0.25) is 0 Å².